The Morgan fingerprint density at radius 1 is 1.17 bits per heavy atom. The van der Waals surface area contributed by atoms with Crippen LogP contribution in [0, 0.1) is 28.7 Å². The smallest absolute Gasteiger partial charge is 0.344 e. The van der Waals surface area contributed by atoms with Crippen molar-refractivity contribution in [1.29, 1.82) is 5.26 Å². The molecule has 0 unspecified atom stereocenters. The minimum Gasteiger partial charge on any atom is -0.481 e. The van der Waals surface area contributed by atoms with Crippen LogP contribution in [0.5, 0.6) is 5.75 Å². The van der Waals surface area contributed by atoms with Crippen molar-refractivity contribution in [3.63, 3.8) is 0 Å². The molecule has 150 valence electrons. The molecule has 7 heteroatoms. The highest BCUT2D eigenvalue weighted by molar-refractivity contribution is 14.1. The number of amides is 1. The zero-order valence-corrected chi connectivity index (χ0v) is 18.6. The zero-order valence-electron chi connectivity index (χ0n) is 16.4. The number of nitriles is 1. The number of rotatable bonds is 7. The quantitative estimate of drug-likeness (QED) is 0.262. The number of halogens is 1. The van der Waals surface area contributed by atoms with E-state index in [0.29, 0.717) is 23.6 Å². The molecule has 1 amide bonds. The Kier molecular flexibility index (Phi) is 8.21. The van der Waals surface area contributed by atoms with Crippen molar-refractivity contribution in [2.75, 3.05) is 18.5 Å². The molecule has 0 heterocycles. The largest absolute Gasteiger partial charge is 0.481 e. The fourth-order valence-electron chi connectivity index (χ4n) is 2.40. The highest BCUT2D eigenvalue weighted by Gasteiger charge is 2.11. The van der Waals surface area contributed by atoms with Gasteiger partial charge in [0.25, 0.3) is 5.91 Å². The van der Waals surface area contributed by atoms with Crippen LogP contribution in [0.2, 0.25) is 0 Å². The summed E-state index contributed by atoms with van der Waals surface area (Å²) in [5.74, 6) is -0.399. The maximum atomic E-state index is 12.5. The molecule has 2 aromatic rings. The third-order valence-corrected chi connectivity index (χ3v) is 4.89. The number of ether oxygens (including phenoxy) is 2. The van der Waals surface area contributed by atoms with Gasteiger partial charge in [-0.05, 0) is 90.4 Å². The number of anilines is 1. The third kappa shape index (κ3) is 6.61. The van der Waals surface area contributed by atoms with Crippen molar-refractivity contribution in [2.24, 2.45) is 0 Å². The molecular formula is C22H21IN2O4. The average molecular weight is 504 g/mol. The summed E-state index contributed by atoms with van der Waals surface area (Å²) in [6.07, 6.45) is 1.51. The normalized spacial score (nSPS) is 10.8. The lowest BCUT2D eigenvalue weighted by Crippen LogP contribution is -2.15. The molecule has 6 nitrogen and oxygen atoms in total. The molecule has 0 aliphatic carbocycles. The molecule has 0 saturated carbocycles. The van der Waals surface area contributed by atoms with E-state index in [9.17, 15) is 14.9 Å². The van der Waals surface area contributed by atoms with E-state index in [0.717, 1.165) is 14.7 Å². The zero-order chi connectivity index (χ0) is 21.4. The molecule has 0 aliphatic heterocycles. The molecule has 0 saturated heterocycles. The fraction of sp³-hybridized carbons (Fsp3) is 0.227. The SMILES string of the molecule is CCOC(=O)COc1ccc(/C=C(\C#N)C(=O)Nc2ccc(C)c(C)c2)cc1I. The summed E-state index contributed by atoms with van der Waals surface area (Å²) < 4.78 is 11.0. The summed E-state index contributed by atoms with van der Waals surface area (Å²) >= 11 is 2.07. The van der Waals surface area contributed by atoms with Gasteiger partial charge in [-0.3, -0.25) is 4.79 Å². The van der Waals surface area contributed by atoms with E-state index in [-0.39, 0.29) is 12.2 Å². The molecular weight excluding hydrogens is 483 g/mol. The van der Waals surface area contributed by atoms with Crippen molar-refractivity contribution < 1.29 is 19.1 Å². The van der Waals surface area contributed by atoms with Gasteiger partial charge in [0, 0.05) is 5.69 Å². The molecule has 0 fully saturated rings. The number of hydrogen-bond acceptors (Lipinski definition) is 5. The molecule has 2 aromatic carbocycles. The lowest BCUT2D eigenvalue weighted by atomic mass is 10.1. The van der Waals surface area contributed by atoms with Gasteiger partial charge in [0.2, 0.25) is 0 Å². The number of nitrogens with zero attached hydrogens (tertiary/aromatic N) is 1. The van der Waals surface area contributed by atoms with Gasteiger partial charge in [0.15, 0.2) is 6.61 Å². The fourth-order valence-corrected chi connectivity index (χ4v) is 3.09. The van der Waals surface area contributed by atoms with Gasteiger partial charge in [-0.25, -0.2) is 4.79 Å². The molecule has 29 heavy (non-hydrogen) atoms. The Labute approximate surface area is 183 Å². The summed E-state index contributed by atoms with van der Waals surface area (Å²) in [4.78, 5) is 23.9. The van der Waals surface area contributed by atoms with E-state index >= 15 is 0 Å². The Balaban J connectivity index is 2.12. The van der Waals surface area contributed by atoms with Gasteiger partial charge in [0.1, 0.15) is 17.4 Å². The first-order chi connectivity index (χ1) is 13.8. The van der Waals surface area contributed by atoms with Gasteiger partial charge >= 0.3 is 5.97 Å². The second kappa shape index (κ2) is 10.6. The molecule has 2 rings (SSSR count). The van der Waals surface area contributed by atoms with E-state index in [1.165, 1.54) is 6.08 Å². The maximum Gasteiger partial charge on any atom is 0.344 e. The number of aryl methyl sites for hydroxylation is 2. The van der Waals surface area contributed by atoms with Crippen molar-refractivity contribution >= 4 is 46.2 Å². The minimum absolute atomic E-state index is 0.0146. The molecule has 0 radical (unpaired) electrons. The van der Waals surface area contributed by atoms with Gasteiger partial charge in [-0.15, -0.1) is 0 Å². The van der Waals surface area contributed by atoms with Crippen molar-refractivity contribution in [3.05, 3.63) is 62.2 Å². The standard InChI is InChI=1S/C22H21IN2O4/c1-4-28-21(26)13-29-20-8-6-16(11-19(20)23)10-17(12-24)22(27)25-18-7-5-14(2)15(3)9-18/h5-11H,4,13H2,1-3H3,(H,25,27)/b17-10+. The number of hydrogen-bond donors (Lipinski definition) is 1. The predicted octanol–water partition coefficient (Wildman–Crippen LogP) is 4.40. The van der Waals surface area contributed by atoms with Crippen LogP contribution in [-0.2, 0) is 14.3 Å². The van der Waals surface area contributed by atoms with Crippen LogP contribution in [0.1, 0.15) is 23.6 Å². The van der Waals surface area contributed by atoms with Gasteiger partial charge in [-0.2, -0.15) is 5.26 Å². The minimum atomic E-state index is -0.478. The van der Waals surface area contributed by atoms with Crippen molar-refractivity contribution in [1.82, 2.24) is 0 Å². The van der Waals surface area contributed by atoms with Gasteiger partial charge in [-0.1, -0.05) is 12.1 Å². The first kappa shape index (κ1) is 22.4. The van der Waals surface area contributed by atoms with E-state index < -0.39 is 11.9 Å². The van der Waals surface area contributed by atoms with E-state index in [1.54, 1.807) is 31.2 Å². The molecule has 1 N–H and O–H groups in total. The highest BCUT2D eigenvalue weighted by atomic mass is 127. The second-order valence-corrected chi connectivity index (χ2v) is 7.37. The van der Waals surface area contributed by atoms with Crippen LogP contribution in [0.25, 0.3) is 6.08 Å². The highest BCUT2D eigenvalue weighted by Crippen LogP contribution is 2.24. The predicted molar refractivity (Wildman–Crippen MR) is 119 cm³/mol. The van der Waals surface area contributed by atoms with Gasteiger partial charge < -0.3 is 14.8 Å². The van der Waals surface area contributed by atoms with Crippen LogP contribution in [0.4, 0.5) is 5.69 Å². The lowest BCUT2D eigenvalue weighted by molar-refractivity contribution is -0.145. The monoisotopic (exact) mass is 504 g/mol. The number of nitrogens with one attached hydrogen (secondary N) is 1. The summed E-state index contributed by atoms with van der Waals surface area (Å²) in [5.41, 5.74) is 3.47. The second-order valence-electron chi connectivity index (χ2n) is 6.21. The Hall–Kier alpha value is -2.86. The molecule has 0 aromatic heterocycles. The van der Waals surface area contributed by atoms with E-state index in [4.69, 9.17) is 9.47 Å². The Bertz CT molecular complexity index is 993. The van der Waals surface area contributed by atoms with Crippen molar-refractivity contribution in [3.8, 4) is 11.8 Å². The van der Waals surface area contributed by atoms with Crippen LogP contribution >= 0.6 is 22.6 Å². The number of carbonyl (C=O) groups excluding carboxylic acids is 2. The topological polar surface area (TPSA) is 88.4 Å². The summed E-state index contributed by atoms with van der Waals surface area (Å²) in [6.45, 7) is 5.79. The Morgan fingerprint density at radius 3 is 2.55 bits per heavy atom. The number of esters is 1. The van der Waals surface area contributed by atoms with Crippen molar-refractivity contribution in [2.45, 2.75) is 20.8 Å². The summed E-state index contributed by atoms with van der Waals surface area (Å²) in [7, 11) is 0. The lowest BCUT2D eigenvalue weighted by Gasteiger charge is -2.09. The molecule has 0 spiro atoms. The third-order valence-electron chi connectivity index (χ3n) is 4.05. The maximum absolute atomic E-state index is 12.5. The van der Waals surface area contributed by atoms with E-state index in [1.807, 2.05) is 32.0 Å². The van der Waals surface area contributed by atoms with Gasteiger partial charge in [0.05, 0.1) is 10.2 Å². The molecule has 0 atom stereocenters. The van der Waals surface area contributed by atoms with Crippen LogP contribution in [0.15, 0.2) is 42.0 Å². The molecule has 0 bridgehead atoms. The summed E-state index contributed by atoms with van der Waals surface area (Å²) in [6, 6.07) is 12.7. The average Bonchev–Trinajstić information content (AvgIpc) is 2.68. The first-order valence-electron chi connectivity index (χ1n) is 8.92. The molecule has 0 aliphatic rings. The van der Waals surface area contributed by atoms with Crippen LogP contribution in [-0.4, -0.2) is 25.1 Å². The summed E-state index contributed by atoms with van der Waals surface area (Å²) in [5, 5.41) is 12.1. The van der Waals surface area contributed by atoms with Crippen LogP contribution in [0.3, 0.4) is 0 Å². The number of carbonyl (C=O) groups is 2. The first-order valence-corrected chi connectivity index (χ1v) is 10.00. The Morgan fingerprint density at radius 2 is 1.93 bits per heavy atom. The van der Waals surface area contributed by atoms with E-state index in [2.05, 4.69) is 27.9 Å². The number of benzene rings is 2. The van der Waals surface area contributed by atoms with Crippen LogP contribution < -0.4 is 10.1 Å².